The first-order chi connectivity index (χ1) is 14.1. The van der Waals surface area contributed by atoms with Gasteiger partial charge in [-0.25, -0.2) is 4.98 Å². The Morgan fingerprint density at radius 2 is 1.86 bits per heavy atom. The number of hydrogen-bond donors (Lipinski definition) is 2. The smallest absolute Gasteiger partial charge is 0.255 e. The summed E-state index contributed by atoms with van der Waals surface area (Å²) in [6.07, 6.45) is 0.731. The number of nitrogens with zero attached hydrogens (tertiary/aromatic N) is 2. The fraction of sp³-hybridized carbons (Fsp3) is 0.273. The molecule has 0 aliphatic carbocycles. The third-order valence-corrected chi connectivity index (χ3v) is 5.19. The molecule has 3 N–H and O–H groups in total. The number of nitrogens with one attached hydrogen (secondary N) is 1. The van der Waals surface area contributed by atoms with Crippen LogP contribution in [0.5, 0.6) is 11.5 Å². The lowest BCUT2D eigenvalue weighted by Gasteiger charge is -2.28. The van der Waals surface area contributed by atoms with Crippen molar-refractivity contribution in [2.24, 2.45) is 0 Å². The van der Waals surface area contributed by atoms with Gasteiger partial charge in [0.05, 0.1) is 25.5 Å². The summed E-state index contributed by atoms with van der Waals surface area (Å²) in [5.74, 6) is 1.99. The number of aromatic nitrogens is 2. The van der Waals surface area contributed by atoms with Gasteiger partial charge in [-0.05, 0) is 42.0 Å². The Morgan fingerprint density at radius 3 is 2.59 bits per heavy atom. The van der Waals surface area contributed by atoms with Crippen molar-refractivity contribution in [3.63, 3.8) is 0 Å². The van der Waals surface area contributed by atoms with Crippen LogP contribution in [-0.4, -0.2) is 35.6 Å². The molecule has 0 amide bonds. The fourth-order valence-electron chi connectivity index (χ4n) is 3.63. The van der Waals surface area contributed by atoms with Gasteiger partial charge in [0.25, 0.3) is 5.56 Å². The molecule has 7 nitrogen and oxygen atoms in total. The second-order valence-corrected chi connectivity index (χ2v) is 7.11. The summed E-state index contributed by atoms with van der Waals surface area (Å²) in [5, 5.41) is 0. The summed E-state index contributed by atoms with van der Waals surface area (Å²) < 4.78 is 10.7. The first kappa shape index (κ1) is 19.0. The third-order valence-electron chi connectivity index (χ3n) is 5.19. The monoisotopic (exact) mass is 392 g/mol. The van der Waals surface area contributed by atoms with Gasteiger partial charge in [-0.3, -0.25) is 9.69 Å². The van der Waals surface area contributed by atoms with Crippen molar-refractivity contribution in [3.8, 4) is 22.9 Å². The zero-order valence-corrected chi connectivity index (χ0v) is 16.6. The van der Waals surface area contributed by atoms with Crippen LogP contribution in [0.2, 0.25) is 0 Å². The number of H-pyrrole nitrogens is 1. The number of nitrogen functional groups attached to an aromatic ring is 1. The van der Waals surface area contributed by atoms with Gasteiger partial charge < -0.3 is 20.2 Å². The van der Waals surface area contributed by atoms with E-state index >= 15 is 0 Å². The first-order valence-electron chi connectivity index (χ1n) is 9.48. The van der Waals surface area contributed by atoms with Crippen molar-refractivity contribution in [2.75, 3.05) is 26.5 Å². The van der Waals surface area contributed by atoms with Gasteiger partial charge in [0.15, 0.2) is 11.5 Å². The molecule has 2 heterocycles. The average Bonchev–Trinajstić information content (AvgIpc) is 2.74. The van der Waals surface area contributed by atoms with Crippen molar-refractivity contribution >= 4 is 5.69 Å². The highest BCUT2D eigenvalue weighted by Gasteiger charge is 2.22. The average molecular weight is 392 g/mol. The molecule has 0 atom stereocenters. The van der Waals surface area contributed by atoms with E-state index in [2.05, 4.69) is 9.88 Å². The number of ether oxygens (including phenoxy) is 2. The molecule has 1 aliphatic rings. The Kier molecular flexibility index (Phi) is 5.22. The van der Waals surface area contributed by atoms with E-state index in [1.165, 1.54) is 0 Å². The third kappa shape index (κ3) is 3.95. The number of benzene rings is 2. The van der Waals surface area contributed by atoms with Crippen molar-refractivity contribution in [3.05, 3.63) is 69.6 Å². The highest BCUT2D eigenvalue weighted by molar-refractivity contribution is 5.58. The van der Waals surface area contributed by atoms with E-state index in [4.69, 9.17) is 20.2 Å². The van der Waals surface area contributed by atoms with E-state index in [1.54, 1.807) is 26.4 Å². The zero-order valence-electron chi connectivity index (χ0n) is 16.6. The number of rotatable bonds is 5. The number of aromatic amines is 1. The number of methoxy groups -OCH3 is 2. The predicted octanol–water partition coefficient (Wildman–Crippen LogP) is 2.59. The van der Waals surface area contributed by atoms with Crippen LogP contribution in [0, 0.1) is 0 Å². The minimum atomic E-state index is -0.0844. The van der Waals surface area contributed by atoms with Crippen molar-refractivity contribution < 1.29 is 9.47 Å². The normalized spacial score (nSPS) is 13.7. The highest BCUT2D eigenvalue weighted by atomic mass is 16.5. The summed E-state index contributed by atoms with van der Waals surface area (Å²) in [5.41, 5.74) is 9.90. The molecule has 0 bridgehead atoms. The summed E-state index contributed by atoms with van der Waals surface area (Å²) >= 11 is 0. The summed E-state index contributed by atoms with van der Waals surface area (Å²) in [4.78, 5) is 22.6. The molecular weight excluding hydrogens is 368 g/mol. The topological polar surface area (TPSA) is 93.5 Å². The Morgan fingerprint density at radius 1 is 1.10 bits per heavy atom. The quantitative estimate of drug-likeness (QED) is 0.649. The predicted molar refractivity (Wildman–Crippen MR) is 112 cm³/mol. The summed E-state index contributed by atoms with van der Waals surface area (Å²) in [6, 6.07) is 13.2. The number of anilines is 1. The molecule has 7 heteroatoms. The van der Waals surface area contributed by atoms with Crippen LogP contribution < -0.4 is 20.8 Å². The molecule has 4 rings (SSSR count). The molecular formula is C22H24N4O3. The van der Waals surface area contributed by atoms with E-state index in [9.17, 15) is 4.79 Å². The standard InChI is InChI=1S/C22H24N4O3/c1-28-19-8-3-14(11-20(19)29-2)12-26-10-9-18-17(13-26)22(27)25-21(24-18)15-4-6-16(23)7-5-15/h3-8,11H,9-10,12-13,23H2,1-2H3,(H,24,25,27). The summed E-state index contributed by atoms with van der Waals surface area (Å²) in [7, 11) is 3.25. The largest absolute Gasteiger partial charge is 0.493 e. The maximum atomic E-state index is 12.7. The lowest BCUT2D eigenvalue weighted by molar-refractivity contribution is 0.241. The maximum absolute atomic E-state index is 12.7. The van der Waals surface area contributed by atoms with E-state index in [1.807, 2.05) is 30.3 Å². The van der Waals surface area contributed by atoms with Gasteiger partial charge in [-0.15, -0.1) is 0 Å². The van der Waals surface area contributed by atoms with Crippen molar-refractivity contribution in [1.29, 1.82) is 0 Å². The van der Waals surface area contributed by atoms with E-state index in [0.29, 0.717) is 29.6 Å². The molecule has 0 unspecified atom stereocenters. The SMILES string of the molecule is COc1ccc(CN2CCc3nc(-c4ccc(N)cc4)[nH]c(=O)c3C2)cc1OC. The number of fused-ring (bicyclic) bond motifs is 1. The van der Waals surface area contributed by atoms with Crippen LogP contribution in [0.3, 0.4) is 0 Å². The van der Waals surface area contributed by atoms with Crippen LogP contribution in [-0.2, 0) is 19.5 Å². The molecule has 3 aromatic rings. The van der Waals surface area contributed by atoms with Crippen LogP contribution in [0.1, 0.15) is 16.8 Å². The fourth-order valence-corrected chi connectivity index (χ4v) is 3.63. The Balaban J connectivity index is 1.54. The number of nitrogens with two attached hydrogens (primary N) is 1. The minimum Gasteiger partial charge on any atom is -0.493 e. The van der Waals surface area contributed by atoms with Gasteiger partial charge in [-0.1, -0.05) is 6.07 Å². The first-order valence-corrected chi connectivity index (χ1v) is 9.48. The van der Waals surface area contributed by atoms with Gasteiger partial charge >= 0.3 is 0 Å². The van der Waals surface area contributed by atoms with Gasteiger partial charge in [0.1, 0.15) is 5.82 Å². The lowest BCUT2D eigenvalue weighted by Crippen LogP contribution is -2.35. The van der Waals surface area contributed by atoms with Gasteiger partial charge in [-0.2, -0.15) is 0 Å². The Labute approximate surface area is 169 Å². The molecule has 0 fully saturated rings. The molecule has 0 radical (unpaired) electrons. The second kappa shape index (κ2) is 7.97. The van der Waals surface area contributed by atoms with Crippen molar-refractivity contribution in [2.45, 2.75) is 19.5 Å². The highest BCUT2D eigenvalue weighted by Crippen LogP contribution is 2.29. The number of hydrogen-bond acceptors (Lipinski definition) is 6. The minimum absolute atomic E-state index is 0.0844. The van der Waals surface area contributed by atoms with E-state index in [0.717, 1.165) is 41.9 Å². The molecule has 0 spiro atoms. The summed E-state index contributed by atoms with van der Waals surface area (Å²) in [6.45, 7) is 2.12. The van der Waals surface area contributed by atoms with Gasteiger partial charge in [0.2, 0.25) is 0 Å². The van der Waals surface area contributed by atoms with Crippen LogP contribution >= 0.6 is 0 Å². The molecule has 1 aliphatic heterocycles. The molecule has 2 aromatic carbocycles. The second-order valence-electron chi connectivity index (χ2n) is 7.11. The van der Waals surface area contributed by atoms with E-state index < -0.39 is 0 Å². The Bertz CT molecular complexity index is 1080. The lowest BCUT2D eigenvalue weighted by atomic mass is 10.0. The van der Waals surface area contributed by atoms with Crippen LogP contribution in [0.15, 0.2) is 47.3 Å². The molecule has 29 heavy (non-hydrogen) atoms. The zero-order chi connectivity index (χ0) is 20.4. The maximum Gasteiger partial charge on any atom is 0.255 e. The van der Waals surface area contributed by atoms with Crippen molar-refractivity contribution in [1.82, 2.24) is 14.9 Å². The molecule has 0 saturated heterocycles. The van der Waals surface area contributed by atoms with Crippen LogP contribution in [0.25, 0.3) is 11.4 Å². The Hall–Kier alpha value is -3.32. The molecule has 0 saturated carbocycles. The van der Waals surface area contributed by atoms with Gasteiger partial charge in [0, 0.05) is 37.3 Å². The van der Waals surface area contributed by atoms with Crippen LogP contribution in [0.4, 0.5) is 5.69 Å². The molecule has 1 aromatic heterocycles. The molecule has 150 valence electrons. The van der Waals surface area contributed by atoms with E-state index in [-0.39, 0.29) is 5.56 Å².